The number of carbonyl (C=O) groups is 2. The van der Waals surface area contributed by atoms with Crippen LogP contribution in [-0.4, -0.2) is 70.8 Å². The Hall–Kier alpha value is -3.93. The number of fused-ring (bicyclic) bond motifs is 2. The first kappa shape index (κ1) is 26.7. The van der Waals surface area contributed by atoms with E-state index in [2.05, 4.69) is 25.6 Å². The molecule has 1 fully saturated rings. The average molecular weight is 550 g/mol. The third-order valence-corrected chi connectivity index (χ3v) is 7.23. The molecule has 5 rings (SSSR count). The fraction of sp³-hybridized carbons (Fsp3) is 0.286. The lowest BCUT2D eigenvalue weighted by molar-refractivity contribution is 0.0374. The quantitative estimate of drug-likeness (QED) is 0.317. The molecular weight excluding hydrogens is 518 g/mol. The molecule has 10 nitrogen and oxygen atoms in total. The summed E-state index contributed by atoms with van der Waals surface area (Å²) in [6.45, 7) is 4.80. The summed E-state index contributed by atoms with van der Waals surface area (Å²) in [6.07, 6.45) is 1.94. The van der Waals surface area contributed by atoms with Crippen molar-refractivity contribution in [2.24, 2.45) is 0 Å². The summed E-state index contributed by atoms with van der Waals surface area (Å²) in [7, 11) is -3.47. The lowest BCUT2D eigenvalue weighted by Gasteiger charge is -2.26. The SMILES string of the molecule is CS(=O)(=O)Nc1ccccc1-c1ccc2c(c1)Nc1ccc(C(=O)NCCCN3CCOCC3)cc1NC2=O. The number of para-hydroxylation sites is 1. The highest BCUT2D eigenvalue weighted by Crippen LogP contribution is 2.37. The van der Waals surface area contributed by atoms with Crippen molar-refractivity contribution in [1.82, 2.24) is 10.2 Å². The van der Waals surface area contributed by atoms with Gasteiger partial charge in [-0.1, -0.05) is 24.3 Å². The predicted molar refractivity (Wildman–Crippen MR) is 152 cm³/mol. The third-order valence-electron chi connectivity index (χ3n) is 6.64. The number of carbonyl (C=O) groups excluding carboxylic acids is 2. The van der Waals surface area contributed by atoms with Crippen LogP contribution in [0.2, 0.25) is 0 Å². The van der Waals surface area contributed by atoms with Crippen LogP contribution >= 0.6 is 0 Å². The van der Waals surface area contributed by atoms with Crippen molar-refractivity contribution in [2.75, 3.05) is 61.0 Å². The fourth-order valence-electron chi connectivity index (χ4n) is 4.70. The Morgan fingerprint density at radius 3 is 2.54 bits per heavy atom. The maximum atomic E-state index is 13.1. The third kappa shape index (κ3) is 6.56. The number of anilines is 4. The Morgan fingerprint density at radius 1 is 0.949 bits per heavy atom. The van der Waals surface area contributed by atoms with Gasteiger partial charge < -0.3 is 20.7 Å². The van der Waals surface area contributed by atoms with E-state index in [9.17, 15) is 18.0 Å². The Labute approximate surface area is 227 Å². The molecule has 204 valence electrons. The summed E-state index contributed by atoms with van der Waals surface area (Å²) < 4.78 is 31.6. The number of hydrogen-bond acceptors (Lipinski definition) is 7. The fourth-order valence-corrected chi connectivity index (χ4v) is 5.28. The van der Waals surface area contributed by atoms with Gasteiger partial charge in [-0.05, 0) is 54.9 Å². The maximum Gasteiger partial charge on any atom is 0.257 e. The Morgan fingerprint density at radius 2 is 1.74 bits per heavy atom. The summed E-state index contributed by atoms with van der Waals surface area (Å²) in [5.41, 5.74) is 4.45. The van der Waals surface area contributed by atoms with Gasteiger partial charge >= 0.3 is 0 Å². The second-order valence-corrected chi connectivity index (χ2v) is 11.3. The van der Waals surface area contributed by atoms with Crippen molar-refractivity contribution >= 4 is 44.6 Å². The Kier molecular flexibility index (Phi) is 7.82. The first-order chi connectivity index (χ1) is 18.8. The maximum absolute atomic E-state index is 13.1. The molecule has 2 heterocycles. The minimum Gasteiger partial charge on any atom is -0.379 e. The summed E-state index contributed by atoms with van der Waals surface area (Å²) in [4.78, 5) is 28.2. The van der Waals surface area contributed by atoms with E-state index < -0.39 is 10.0 Å². The van der Waals surface area contributed by atoms with E-state index in [1.54, 1.807) is 42.5 Å². The number of sulfonamides is 1. The Balaban J connectivity index is 1.31. The second kappa shape index (κ2) is 11.4. The van der Waals surface area contributed by atoms with Crippen molar-refractivity contribution in [1.29, 1.82) is 0 Å². The van der Waals surface area contributed by atoms with Gasteiger partial charge in [-0.3, -0.25) is 19.2 Å². The number of amides is 2. The van der Waals surface area contributed by atoms with Crippen LogP contribution in [0.5, 0.6) is 0 Å². The van der Waals surface area contributed by atoms with Crippen LogP contribution < -0.4 is 20.7 Å². The van der Waals surface area contributed by atoms with Crippen LogP contribution in [0.15, 0.2) is 60.7 Å². The zero-order chi connectivity index (χ0) is 27.4. The largest absolute Gasteiger partial charge is 0.379 e. The molecule has 3 aromatic carbocycles. The monoisotopic (exact) mass is 549 g/mol. The van der Waals surface area contributed by atoms with E-state index in [0.29, 0.717) is 46.0 Å². The van der Waals surface area contributed by atoms with Crippen molar-refractivity contribution in [3.05, 3.63) is 71.8 Å². The molecule has 3 aromatic rings. The molecule has 2 amide bonds. The highest BCUT2D eigenvalue weighted by atomic mass is 32.2. The van der Waals surface area contributed by atoms with Crippen molar-refractivity contribution in [2.45, 2.75) is 6.42 Å². The molecule has 0 saturated carbocycles. The minimum absolute atomic E-state index is 0.201. The van der Waals surface area contributed by atoms with Gasteiger partial charge in [0, 0.05) is 30.8 Å². The molecule has 0 aliphatic carbocycles. The molecule has 2 aliphatic heterocycles. The van der Waals surface area contributed by atoms with E-state index in [4.69, 9.17) is 4.74 Å². The number of benzene rings is 3. The highest BCUT2D eigenvalue weighted by molar-refractivity contribution is 7.92. The first-order valence-electron chi connectivity index (χ1n) is 12.8. The lowest BCUT2D eigenvalue weighted by atomic mass is 10.0. The van der Waals surface area contributed by atoms with Gasteiger partial charge in [0.1, 0.15) is 0 Å². The zero-order valence-corrected chi connectivity index (χ0v) is 22.4. The molecule has 0 atom stereocenters. The zero-order valence-electron chi connectivity index (χ0n) is 21.6. The molecule has 11 heteroatoms. The molecule has 0 aromatic heterocycles. The Bertz CT molecular complexity index is 1500. The number of morpholine rings is 1. The number of rotatable bonds is 8. The van der Waals surface area contributed by atoms with Gasteiger partial charge in [0.2, 0.25) is 10.0 Å². The molecule has 4 N–H and O–H groups in total. The van der Waals surface area contributed by atoms with Crippen LogP contribution in [0.25, 0.3) is 11.1 Å². The van der Waals surface area contributed by atoms with Gasteiger partial charge in [-0.15, -0.1) is 0 Å². The summed E-state index contributed by atoms with van der Waals surface area (Å²) >= 11 is 0. The van der Waals surface area contributed by atoms with Gasteiger partial charge in [-0.25, -0.2) is 8.42 Å². The molecule has 1 saturated heterocycles. The van der Waals surface area contributed by atoms with E-state index in [1.165, 1.54) is 0 Å². The summed E-state index contributed by atoms with van der Waals surface area (Å²) in [5, 5.41) is 9.15. The molecule has 0 unspecified atom stereocenters. The number of hydrogen-bond donors (Lipinski definition) is 4. The normalized spacial score (nSPS) is 15.3. The molecule has 0 bridgehead atoms. The van der Waals surface area contributed by atoms with E-state index in [-0.39, 0.29) is 11.8 Å². The number of ether oxygens (including phenoxy) is 1. The highest BCUT2D eigenvalue weighted by Gasteiger charge is 2.21. The minimum atomic E-state index is -3.47. The summed E-state index contributed by atoms with van der Waals surface area (Å²) in [6, 6.07) is 17.5. The first-order valence-corrected chi connectivity index (χ1v) is 14.7. The smallest absolute Gasteiger partial charge is 0.257 e. The van der Waals surface area contributed by atoms with Crippen LogP contribution in [0.3, 0.4) is 0 Å². The van der Waals surface area contributed by atoms with E-state index in [1.807, 2.05) is 18.2 Å². The van der Waals surface area contributed by atoms with Crippen LogP contribution in [0.1, 0.15) is 27.1 Å². The van der Waals surface area contributed by atoms with Gasteiger partial charge in [-0.2, -0.15) is 0 Å². The van der Waals surface area contributed by atoms with E-state index >= 15 is 0 Å². The van der Waals surface area contributed by atoms with Crippen molar-refractivity contribution < 1.29 is 22.7 Å². The summed E-state index contributed by atoms with van der Waals surface area (Å²) in [5.74, 6) is -0.513. The number of nitrogens with one attached hydrogen (secondary N) is 4. The topological polar surface area (TPSA) is 129 Å². The van der Waals surface area contributed by atoms with Gasteiger partial charge in [0.15, 0.2) is 0 Å². The van der Waals surface area contributed by atoms with Crippen LogP contribution in [0.4, 0.5) is 22.7 Å². The number of nitrogens with zero attached hydrogens (tertiary/aromatic N) is 1. The average Bonchev–Trinajstić information content (AvgIpc) is 3.05. The van der Waals surface area contributed by atoms with Crippen molar-refractivity contribution in [3.8, 4) is 11.1 Å². The van der Waals surface area contributed by atoms with Crippen LogP contribution in [0, 0.1) is 0 Å². The molecule has 2 aliphatic rings. The van der Waals surface area contributed by atoms with Crippen LogP contribution in [-0.2, 0) is 14.8 Å². The van der Waals surface area contributed by atoms with E-state index in [0.717, 1.165) is 51.1 Å². The van der Waals surface area contributed by atoms with Crippen molar-refractivity contribution in [3.63, 3.8) is 0 Å². The molecular formula is C28H31N5O5S. The lowest BCUT2D eigenvalue weighted by Crippen LogP contribution is -2.38. The standard InChI is InChI=1S/C28H31N5O5S/c1-39(36,37)32-23-6-3-2-5-21(23)19-7-9-22-25(17-19)30-24-10-8-20(18-26(24)31-28(22)35)27(34)29-11-4-12-33-13-15-38-16-14-33/h2-3,5-10,17-18,30,32H,4,11-16H2,1H3,(H,29,34)(H,31,35). The molecule has 39 heavy (non-hydrogen) atoms. The predicted octanol–water partition coefficient (Wildman–Crippen LogP) is 3.49. The second-order valence-electron chi connectivity index (χ2n) is 9.58. The van der Waals surface area contributed by atoms with Gasteiger partial charge in [0.25, 0.3) is 11.8 Å². The molecule has 0 spiro atoms. The van der Waals surface area contributed by atoms with Gasteiger partial charge in [0.05, 0.1) is 47.8 Å². The molecule has 0 radical (unpaired) electrons.